The van der Waals surface area contributed by atoms with E-state index in [1.54, 1.807) is 6.20 Å². The van der Waals surface area contributed by atoms with Crippen LogP contribution in [-0.2, 0) is 43.1 Å². The molecule has 2 aromatic heterocycles. The summed E-state index contributed by atoms with van der Waals surface area (Å²) in [6, 6.07) is 25.6. The zero-order chi connectivity index (χ0) is 37.6. The normalized spacial score (nSPS) is 21.4. The van der Waals surface area contributed by atoms with E-state index in [0.717, 1.165) is 55.4 Å². The van der Waals surface area contributed by atoms with E-state index in [-0.39, 0.29) is 32.4 Å². The van der Waals surface area contributed by atoms with Crippen LogP contribution in [0.15, 0.2) is 65.8 Å². The van der Waals surface area contributed by atoms with Crippen LogP contribution in [0.1, 0.15) is 102 Å². The Hall–Kier alpha value is -4.41. The molecule has 1 aliphatic carbocycles. The van der Waals surface area contributed by atoms with Gasteiger partial charge in [0.2, 0.25) is 0 Å². The molecule has 0 spiro atoms. The van der Waals surface area contributed by atoms with Gasteiger partial charge in [0.1, 0.15) is 17.0 Å². The summed E-state index contributed by atoms with van der Waals surface area (Å²) in [5, 5.41) is 2.12. The Morgan fingerprint density at radius 2 is 1.75 bits per heavy atom. The van der Waals surface area contributed by atoms with Crippen LogP contribution in [0.4, 0.5) is 0 Å². The van der Waals surface area contributed by atoms with Crippen molar-refractivity contribution in [1.29, 1.82) is 0 Å². The first-order valence-corrected chi connectivity index (χ1v) is 17.8. The molecule has 266 valence electrons. The van der Waals surface area contributed by atoms with Gasteiger partial charge in [-0.1, -0.05) is 83.0 Å². The molecule has 0 bridgehead atoms. The van der Waals surface area contributed by atoms with Crippen molar-refractivity contribution in [3.05, 3.63) is 117 Å². The van der Waals surface area contributed by atoms with Crippen molar-refractivity contribution in [2.75, 3.05) is 0 Å². The molecule has 0 fully saturated rings. The summed E-state index contributed by atoms with van der Waals surface area (Å²) in [5.74, 6) is 3.79. The second-order valence-electron chi connectivity index (χ2n) is 16.1. The molecule has 9 rings (SSSR count). The number of nitrogens with zero attached hydrogens (tertiary/aromatic N) is 3. The number of rotatable bonds is 4. The summed E-state index contributed by atoms with van der Waals surface area (Å²) < 4.78 is 40.8. The number of aryl methyl sites for hydroxylation is 2. The fourth-order valence-corrected chi connectivity index (χ4v) is 7.74. The van der Waals surface area contributed by atoms with E-state index in [4.69, 9.17) is 24.2 Å². The number of hydrogen-bond acceptors (Lipinski definition) is 5. The van der Waals surface area contributed by atoms with E-state index in [9.17, 15) is 2.74 Å². The molecule has 4 heterocycles. The smallest absolute Gasteiger partial charge is 0.511 e. The Morgan fingerprint density at radius 1 is 0.962 bits per heavy atom. The molecule has 7 heteroatoms. The van der Waals surface area contributed by atoms with Crippen LogP contribution in [0.3, 0.4) is 0 Å². The second kappa shape index (κ2) is 11.5. The van der Waals surface area contributed by atoms with Crippen LogP contribution in [0.25, 0.3) is 27.6 Å². The molecule has 0 saturated heterocycles. The number of hydrogen-bond donors (Lipinski definition) is 0. The molecule has 0 N–H and O–H groups in total. The van der Waals surface area contributed by atoms with Crippen LogP contribution in [0.5, 0.6) is 23.0 Å². The van der Waals surface area contributed by atoms with Gasteiger partial charge in [0.25, 0.3) is 0 Å². The molecule has 2 aliphatic heterocycles. The first kappa shape index (κ1) is 32.3. The van der Waals surface area contributed by atoms with E-state index in [1.165, 1.54) is 5.56 Å². The maximum atomic E-state index is 9.39. The quantitative estimate of drug-likeness (QED) is 0.165. The van der Waals surface area contributed by atoms with Gasteiger partial charge in [-0.3, -0.25) is 4.99 Å². The Bertz CT molecular complexity index is 2620. The zero-order valence-corrected chi connectivity index (χ0v) is 33.5. The summed E-state index contributed by atoms with van der Waals surface area (Å²) >= 11 is 0. The van der Waals surface area contributed by atoms with Crippen LogP contribution >= 0.6 is 0 Å². The maximum absolute atomic E-state index is 9.39. The number of aliphatic imine (C=N–C) groups is 1. The average molecular weight is 871 g/mol. The summed E-state index contributed by atoms with van der Waals surface area (Å²) in [7, 11) is 0. The Balaban J connectivity index is 0.00000413. The third-order valence-electron chi connectivity index (χ3n) is 11.2. The van der Waals surface area contributed by atoms with Gasteiger partial charge in [-0.2, -0.15) is 6.07 Å². The van der Waals surface area contributed by atoms with Gasteiger partial charge in [-0.05, 0) is 90.4 Å². The van der Waals surface area contributed by atoms with Crippen molar-refractivity contribution >= 4 is 27.7 Å². The molecule has 4 aromatic carbocycles. The van der Waals surface area contributed by atoms with Crippen molar-refractivity contribution in [2.45, 2.75) is 98.1 Å². The van der Waals surface area contributed by atoms with Gasteiger partial charge in [-0.15, -0.1) is 28.6 Å². The Kier molecular flexibility index (Phi) is 7.16. The van der Waals surface area contributed by atoms with Gasteiger partial charge in [0.15, 0.2) is 17.3 Å². The van der Waals surface area contributed by atoms with Crippen molar-refractivity contribution in [3.8, 4) is 28.8 Å². The monoisotopic (exact) mass is 870 g/mol. The van der Waals surface area contributed by atoms with E-state index in [0.29, 0.717) is 40.1 Å². The SMILES string of the molecule is [2H]C1([2H])c2c(ccc(C)c2C)[C@@]2(C)N=C(c3[c-]c(Oc4[c-]c5c(cc4C)c4cc(C(C)(C)C)cc6c4n5-c4ncccc4O6)cc(C(C)C)c3)O[C@@]12C.[Pt+2]. The standard InChI is InChI=1S/C45H43N3O3.Pt/c1-24(2)28-17-29(42-47-45(10)35-14-13-25(3)27(5)34(35)23-44(45,9)51-42)19-31(18-28)49-38-22-36-32(16-26(38)4)33-20-30(43(6,7)8)21-39-40(33)48(36)41-37(50-39)12-11-15-46-41;/h11-18,20-21,24H,23H2,1-10H3;/q-2;+2/t44-,45+;/m0./s1/i23D2;. The molecule has 0 radical (unpaired) electrons. The molecule has 3 aliphatic rings. The minimum atomic E-state index is -1.78. The fourth-order valence-electron chi connectivity index (χ4n) is 7.74. The molecular weight excluding hydrogens is 826 g/mol. The van der Waals surface area contributed by atoms with E-state index in [1.807, 2.05) is 65.0 Å². The summed E-state index contributed by atoms with van der Waals surface area (Å²) in [6.07, 6.45) is 0.00493. The van der Waals surface area contributed by atoms with Gasteiger partial charge in [0.05, 0.1) is 5.52 Å². The van der Waals surface area contributed by atoms with Crippen LogP contribution in [0, 0.1) is 32.9 Å². The van der Waals surface area contributed by atoms with Crippen LogP contribution in [0.2, 0.25) is 0 Å². The summed E-state index contributed by atoms with van der Waals surface area (Å²) in [6.45, 7) is 20.8. The van der Waals surface area contributed by atoms with Crippen molar-refractivity contribution in [1.82, 2.24) is 9.55 Å². The average Bonchev–Trinajstić information content (AvgIpc) is 3.61. The number of pyridine rings is 1. The molecule has 0 saturated carbocycles. The van der Waals surface area contributed by atoms with E-state index < -0.39 is 17.5 Å². The largest absolute Gasteiger partial charge is 2.00 e. The number of fused-ring (bicyclic) bond motifs is 8. The van der Waals surface area contributed by atoms with Gasteiger partial charge >= 0.3 is 21.1 Å². The summed E-state index contributed by atoms with van der Waals surface area (Å²) in [5.41, 5.74) is 6.82. The van der Waals surface area contributed by atoms with E-state index in [2.05, 4.69) is 75.6 Å². The molecule has 2 atom stereocenters. The Labute approximate surface area is 323 Å². The van der Waals surface area contributed by atoms with Crippen LogP contribution < -0.4 is 9.47 Å². The van der Waals surface area contributed by atoms with Gasteiger partial charge < -0.3 is 18.8 Å². The predicted octanol–water partition coefficient (Wildman–Crippen LogP) is 11.0. The first-order chi connectivity index (χ1) is 24.9. The minimum Gasteiger partial charge on any atom is -0.511 e. The van der Waals surface area contributed by atoms with Gasteiger partial charge in [-0.25, -0.2) is 4.98 Å². The molecule has 0 amide bonds. The van der Waals surface area contributed by atoms with Crippen molar-refractivity contribution < 1.29 is 38.0 Å². The molecular formula is C45H43N3O3Pt. The molecule has 6 aromatic rings. The predicted molar refractivity (Wildman–Crippen MR) is 203 cm³/mol. The minimum absolute atomic E-state index is 0. The summed E-state index contributed by atoms with van der Waals surface area (Å²) in [4.78, 5) is 9.93. The van der Waals surface area contributed by atoms with Crippen molar-refractivity contribution in [3.63, 3.8) is 0 Å². The fraction of sp³-hybridized carbons (Fsp3) is 0.333. The van der Waals surface area contributed by atoms with Crippen LogP contribution in [-0.4, -0.2) is 21.0 Å². The number of aromatic nitrogens is 2. The van der Waals surface area contributed by atoms with Gasteiger partial charge in [0, 0.05) is 26.8 Å². The molecule has 0 unspecified atom stereocenters. The number of benzene rings is 4. The zero-order valence-electron chi connectivity index (χ0n) is 33.2. The third-order valence-corrected chi connectivity index (χ3v) is 11.2. The first-order valence-electron chi connectivity index (χ1n) is 18.8. The molecule has 6 nitrogen and oxygen atoms in total. The molecule has 52 heavy (non-hydrogen) atoms. The van der Waals surface area contributed by atoms with E-state index >= 15 is 0 Å². The topological polar surface area (TPSA) is 57.9 Å². The number of ether oxygens (including phenoxy) is 3. The van der Waals surface area contributed by atoms with Crippen molar-refractivity contribution in [2.24, 2.45) is 4.99 Å². The maximum Gasteiger partial charge on any atom is 2.00 e. The Morgan fingerprint density at radius 3 is 2.50 bits per heavy atom. The third kappa shape index (κ3) is 4.93. The second-order valence-corrected chi connectivity index (χ2v) is 16.1.